The van der Waals surface area contributed by atoms with E-state index in [0.29, 0.717) is 6.61 Å². The maximum atomic E-state index is 5.82. The van der Waals surface area contributed by atoms with Gasteiger partial charge in [-0.1, -0.05) is 47.6 Å². The molecular weight excluding hydrogens is 438 g/mol. The molecule has 2 N–H and O–H groups in total. The minimum atomic E-state index is 0.173. The summed E-state index contributed by atoms with van der Waals surface area (Å²) >= 11 is 0. The van der Waals surface area contributed by atoms with E-state index in [9.17, 15) is 0 Å². The lowest BCUT2D eigenvalue weighted by Crippen LogP contribution is -2.41. The summed E-state index contributed by atoms with van der Waals surface area (Å²) in [5.41, 5.74) is 6.87. The van der Waals surface area contributed by atoms with E-state index in [1.165, 1.54) is 0 Å². The Labute approximate surface area is 203 Å². The van der Waals surface area contributed by atoms with Crippen LogP contribution in [-0.4, -0.2) is 40.9 Å². The van der Waals surface area contributed by atoms with Crippen molar-refractivity contribution < 1.29 is 9.26 Å². The average Bonchev–Trinajstić information content (AvgIpc) is 3.54. The Hall–Kier alpha value is -4.10. The molecule has 2 aromatic heterocycles. The standard InChI is InChI=1S/C28H27N5O2/c1-18-11-12-21(15-23(18)27-29-16-25(31-27)20-7-4-3-5-8-20)30-24-10-6-9-22-26(24)35-32-28(22)33-13-14-34-19(2)17-33/h3-12,15-16,19,30H,13-14,17H2,1-2H3,(H,29,31)/t19-/m0/s1. The molecule has 1 aliphatic rings. The quantitative estimate of drug-likeness (QED) is 0.324. The monoisotopic (exact) mass is 465 g/mol. The van der Waals surface area contributed by atoms with E-state index >= 15 is 0 Å². The maximum Gasteiger partial charge on any atom is 0.192 e. The van der Waals surface area contributed by atoms with Crippen molar-refractivity contribution >= 4 is 28.2 Å². The second kappa shape index (κ2) is 8.92. The van der Waals surface area contributed by atoms with Crippen LogP contribution in [0.2, 0.25) is 0 Å². The Bertz CT molecular complexity index is 1470. The van der Waals surface area contributed by atoms with Crippen molar-refractivity contribution in [1.29, 1.82) is 0 Å². The number of para-hydroxylation sites is 1. The predicted octanol–water partition coefficient (Wildman–Crippen LogP) is 6.16. The number of H-pyrrole nitrogens is 1. The number of aryl methyl sites for hydroxylation is 1. The molecule has 0 saturated carbocycles. The molecule has 1 fully saturated rings. The molecule has 7 heteroatoms. The number of hydrogen-bond acceptors (Lipinski definition) is 6. The molecule has 0 aliphatic carbocycles. The fraction of sp³-hybridized carbons (Fsp3) is 0.214. The number of fused-ring (bicyclic) bond motifs is 1. The number of morpholine rings is 1. The van der Waals surface area contributed by atoms with E-state index in [2.05, 4.69) is 75.6 Å². The first-order chi connectivity index (χ1) is 17.2. The van der Waals surface area contributed by atoms with Gasteiger partial charge >= 0.3 is 0 Å². The molecule has 5 aromatic rings. The van der Waals surface area contributed by atoms with Gasteiger partial charge in [0.05, 0.1) is 35.7 Å². The van der Waals surface area contributed by atoms with E-state index in [4.69, 9.17) is 9.26 Å². The van der Waals surface area contributed by atoms with Gasteiger partial charge in [0.25, 0.3) is 0 Å². The van der Waals surface area contributed by atoms with Crippen LogP contribution in [0.25, 0.3) is 33.6 Å². The number of rotatable bonds is 5. The van der Waals surface area contributed by atoms with Crippen molar-refractivity contribution in [3.05, 3.63) is 78.5 Å². The van der Waals surface area contributed by atoms with Crippen LogP contribution >= 0.6 is 0 Å². The van der Waals surface area contributed by atoms with E-state index in [0.717, 1.165) is 69.5 Å². The number of nitrogens with one attached hydrogen (secondary N) is 2. The van der Waals surface area contributed by atoms with Crippen molar-refractivity contribution in [3.8, 4) is 22.6 Å². The molecule has 3 aromatic carbocycles. The average molecular weight is 466 g/mol. The molecule has 6 rings (SSSR count). The molecule has 0 amide bonds. The van der Waals surface area contributed by atoms with Gasteiger partial charge in [0.2, 0.25) is 0 Å². The van der Waals surface area contributed by atoms with E-state index < -0.39 is 0 Å². The molecule has 1 atom stereocenters. The predicted molar refractivity (Wildman–Crippen MR) is 139 cm³/mol. The maximum absolute atomic E-state index is 5.82. The third kappa shape index (κ3) is 4.15. The van der Waals surface area contributed by atoms with Crippen molar-refractivity contribution in [2.24, 2.45) is 0 Å². The summed E-state index contributed by atoms with van der Waals surface area (Å²) in [7, 11) is 0. The van der Waals surface area contributed by atoms with Crippen molar-refractivity contribution in [2.45, 2.75) is 20.0 Å². The second-order valence-corrected chi connectivity index (χ2v) is 8.98. The Morgan fingerprint density at radius 1 is 1.06 bits per heavy atom. The highest BCUT2D eigenvalue weighted by Gasteiger charge is 2.23. The topological polar surface area (TPSA) is 79.2 Å². The highest BCUT2D eigenvalue weighted by Crippen LogP contribution is 2.35. The minimum absolute atomic E-state index is 0.173. The summed E-state index contributed by atoms with van der Waals surface area (Å²) in [5, 5.41) is 8.93. The van der Waals surface area contributed by atoms with Crippen LogP contribution in [0.3, 0.4) is 0 Å². The Kier molecular flexibility index (Phi) is 5.47. The van der Waals surface area contributed by atoms with Gasteiger partial charge in [-0.3, -0.25) is 0 Å². The highest BCUT2D eigenvalue weighted by molar-refractivity contribution is 5.97. The molecule has 1 saturated heterocycles. The Morgan fingerprint density at radius 3 is 2.80 bits per heavy atom. The number of aromatic amines is 1. The van der Waals surface area contributed by atoms with Crippen molar-refractivity contribution in [1.82, 2.24) is 15.1 Å². The summed E-state index contributed by atoms with van der Waals surface area (Å²) < 4.78 is 11.5. The lowest BCUT2D eigenvalue weighted by molar-refractivity contribution is 0.0528. The number of ether oxygens (including phenoxy) is 1. The molecular formula is C28H27N5O2. The van der Waals surface area contributed by atoms with Gasteiger partial charge in [0.15, 0.2) is 11.4 Å². The number of nitrogens with zero attached hydrogens (tertiary/aromatic N) is 3. The third-order valence-electron chi connectivity index (χ3n) is 6.45. The van der Waals surface area contributed by atoms with Crippen LogP contribution in [0.4, 0.5) is 17.2 Å². The van der Waals surface area contributed by atoms with Crippen LogP contribution in [0, 0.1) is 6.92 Å². The molecule has 176 valence electrons. The number of imidazole rings is 1. The Morgan fingerprint density at radius 2 is 1.94 bits per heavy atom. The van der Waals surface area contributed by atoms with E-state index in [-0.39, 0.29) is 6.10 Å². The largest absolute Gasteiger partial charge is 0.375 e. The van der Waals surface area contributed by atoms with Crippen molar-refractivity contribution in [2.75, 3.05) is 29.9 Å². The Balaban J connectivity index is 1.30. The summed E-state index contributed by atoms with van der Waals surface area (Å²) in [6, 6.07) is 22.6. The van der Waals surface area contributed by atoms with Gasteiger partial charge in [-0.05, 0) is 49.2 Å². The zero-order valence-corrected chi connectivity index (χ0v) is 19.8. The number of benzene rings is 3. The zero-order valence-electron chi connectivity index (χ0n) is 19.8. The van der Waals surface area contributed by atoms with Gasteiger partial charge in [-0.25, -0.2) is 4.98 Å². The first-order valence-corrected chi connectivity index (χ1v) is 11.9. The summed E-state index contributed by atoms with van der Waals surface area (Å²) in [5.74, 6) is 1.71. The molecule has 3 heterocycles. The van der Waals surface area contributed by atoms with Crippen LogP contribution in [0.5, 0.6) is 0 Å². The summed E-state index contributed by atoms with van der Waals surface area (Å²) in [6.07, 6.45) is 2.06. The fourth-order valence-electron chi connectivity index (χ4n) is 4.62. The first-order valence-electron chi connectivity index (χ1n) is 11.9. The highest BCUT2D eigenvalue weighted by atomic mass is 16.5. The number of anilines is 3. The lowest BCUT2D eigenvalue weighted by Gasteiger charge is -2.30. The van der Waals surface area contributed by atoms with Crippen LogP contribution in [0.1, 0.15) is 12.5 Å². The van der Waals surface area contributed by atoms with Gasteiger partial charge in [-0.15, -0.1) is 0 Å². The van der Waals surface area contributed by atoms with Gasteiger partial charge in [0, 0.05) is 24.3 Å². The van der Waals surface area contributed by atoms with Crippen LogP contribution in [0.15, 0.2) is 77.4 Å². The fourth-order valence-corrected chi connectivity index (χ4v) is 4.62. The number of hydrogen-bond donors (Lipinski definition) is 2. The third-order valence-corrected chi connectivity index (χ3v) is 6.45. The van der Waals surface area contributed by atoms with Crippen molar-refractivity contribution in [3.63, 3.8) is 0 Å². The molecule has 0 spiro atoms. The van der Waals surface area contributed by atoms with Gasteiger partial charge in [0.1, 0.15) is 5.82 Å². The van der Waals surface area contributed by atoms with Crippen LogP contribution < -0.4 is 10.2 Å². The smallest absolute Gasteiger partial charge is 0.192 e. The van der Waals surface area contributed by atoms with Gasteiger partial charge in [-0.2, -0.15) is 0 Å². The van der Waals surface area contributed by atoms with Crippen LogP contribution in [-0.2, 0) is 4.74 Å². The van der Waals surface area contributed by atoms with E-state index in [1.54, 1.807) is 0 Å². The lowest BCUT2D eigenvalue weighted by atomic mass is 10.1. The zero-order chi connectivity index (χ0) is 23.8. The van der Waals surface area contributed by atoms with E-state index in [1.807, 2.05) is 36.5 Å². The molecule has 35 heavy (non-hydrogen) atoms. The minimum Gasteiger partial charge on any atom is -0.375 e. The summed E-state index contributed by atoms with van der Waals surface area (Å²) in [4.78, 5) is 10.4. The molecule has 7 nitrogen and oxygen atoms in total. The molecule has 0 unspecified atom stereocenters. The molecule has 0 radical (unpaired) electrons. The molecule has 1 aliphatic heterocycles. The number of aromatic nitrogens is 3. The molecule has 0 bridgehead atoms. The second-order valence-electron chi connectivity index (χ2n) is 8.98. The van der Waals surface area contributed by atoms with Gasteiger partial charge < -0.3 is 24.5 Å². The normalized spacial score (nSPS) is 16.1. The summed E-state index contributed by atoms with van der Waals surface area (Å²) in [6.45, 7) is 6.47. The first kappa shape index (κ1) is 21.4. The SMILES string of the molecule is Cc1ccc(Nc2cccc3c(N4CCO[C@@H](C)C4)noc23)cc1-c1ncc(-c2ccccc2)[nH]1.